The van der Waals surface area contributed by atoms with E-state index in [1.165, 1.54) is 42.4 Å². The molecule has 0 saturated carbocycles. The quantitative estimate of drug-likeness (QED) is 0.770. The van der Waals surface area contributed by atoms with Gasteiger partial charge in [-0.15, -0.1) is 0 Å². The molecular formula is C14H20N2. The van der Waals surface area contributed by atoms with Gasteiger partial charge >= 0.3 is 0 Å². The fourth-order valence-corrected chi connectivity index (χ4v) is 2.36. The number of allylic oxidation sites excluding steroid dienone is 1. The zero-order chi connectivity index (χ0) is 11.4. The number of aryl methyl sites for hydroxylation is 1. The van der Waals surface area contributed by atoms with Crippen LogP contribution < -0.4 is 5.73 Å². The number of hydrogen-bond acceptors (Lipinski definition) is 2. The van der Waals surface area contributed by atoms with Crippen molar-refractivity contribution in [2.75, 3.05) is 0 Å². The highest BCUT2D eigenvalue weighted by Crippen LogP contribution is 2.28. The summed E-state index contributed by atoms with van der Waals surface area (Å²) in [5, 5.41) is 0. The molecule has 1 aliphatic carbocycles. The fraction of sp³-hybridized carbons (Fsp3) is 0.500. The molecule has 2 heteroatoms. The standard InChI is InChI=1S/C14H20N2/c1-11-10-16-9-8-13(11)14(15)12-6-4-2-3-5-7-12/h6,8-10,14H,2-5,7,15H2,1H3. The molecule has 1 aromatic rings. The van der Waals surface area contributed by atoms with Crippen LogP contribution in [0.4, 0.5) is 0 Å². The minimum absolute atomic E-state index is 0.0705. The molecule has 1 heterocycles. The van der Waals surface area contributed by atoms with E-state index in [4.69, 9.17) is 5.73 Å². The average Bonchev–Trinajstić information content (AvgIpc) is 2.57. The van der Waals surface area contributed by atoms with Crippen molar-refractivity contribution in [1.29, 1.82) is 0 Å². The Hall–Kier alpha value is -1.15. The summed E-state index contributed by atoms with van der Waals surface area (Å²) in [7, 11) is 0. The second kappa shape index (κ2) is 5.26. The van der Waals surface area contributed by atoms with Gasteiger partial charge in [0.05, 0.1) is 6.04 Å². The van der Waals surface area contributed by atoms with Gasteiger partial charge in [0, 0.05) is 12.4 Å². The molecule has 1 aliphatic rings. The van der Waals surface area contributed by atoms with Crippen LogP contribution in [-0.4, -0.2) is 4.98 Å². The second-order valence-electron chi connectivity index (χ2n) is 4.59. The van der Waals surface area contributed by atoms with Crippen LogP contribution in [0.2, 0.25) is 0 Å². The van der Waals surface area contributed by atoms with Gasteiger partial charge in [-0.1, -0.05) is 18.1 Å². The number of aromatic nitrogens is 1. The highest BCUT2D eigenvalue weighted by Gasteiger charge is 2.14. The molecule has 1 unspecified atom stereocenters. The van der Waals surface area contributed by atoms with E-state index in [9.17, 15) is 0 Å². The smallest absolute Gasteiger partial charge is 0.0514 e. The van der Waals surface area contributed by atoms with E-state index in [2.05, 4.69) is 18.0 Å². The summed E-state index contributed by atoms with van der Waals surface area (Å²) >= 11 is 0. The lowest BCUT2D eigenvalue weighted by Crippen LogP contribution is -2.14. The van der Waals surface area contributed by atoms with Gasteiger partial charge < -0.3 is 5.73 Å². The molecule has 16 heavy (non-hydrogen) atoms. The van der Waals surface area contributed by atoms with E-state index in [0.29, 0.717) is 0 Å². The number of nitrogens with two attached hydrogens (primary N) is 1. The van der Waals surface area contributed by atoms with Gasteiger partial charge in [0.2, 0.25) is 0 Å². The SMILES string of the molecule is Cc1cnccc1C(N)C1=CCCCCC1. The Balaban J connectivity index is 2.21. The summed E-state index contributed by atoms with van der Waals surface area (Å²) in [6.07, 6.45) is 12.3. The Morgan fingerprint density at radius 1 is 1.31 bits per heavy atom. The van der Waals surface area contributed by atoms with E-state index >= 15 is 0 Å². The minimum Gasteiger partial charge on any atom is -0.321 e. The Morgan fingerprint density at radius 3 is 3.00 bits per heavy atom. The zero-order valence-electron chi connectivity index (χ0n) is 9.95. The molecule has 2 N–H and O–H groups in total. The minimum atomic E-state index is 0.0705. The third-order valence-electron chi connectivity index (χ3n) is 3.37. The Labute approximate surface area is 97.6 Å². The normalized spacial score (nSPS) is 18.8. The molecule has 2 rings (SSSR count). The average molecular weight is 216 g/mol. The lowest BCUT2D eigenvalue weighted by molar-refractivity contribution is 0.686. The molecule has 1 aromatic heterocycles. The number of rotatable bonds is 2. The van der Waals surface area contributed by atoms with Crippen LogP contribution in [0.1, 0.15) is 49.3 Å². The second-order valence-corrected chi connectivity index (χ2v) is 4.59. The van der Waals surface area contributed by atoms with E-state index in [1.54, 1.807) is 0 Å². The predicted octanol–water partition coefficient (Wildman–Crippen LogP) is 3.28. The molecule has 0 saturated heterocycles. The van der Waals surface area contributed by atoms with E-state index in [1.807, 2.05) is 18.5 Å². The Morgan fingerprint density at radius 2 is 2.19 bits per heavy atom. The van der Waals surface area contributed by atoms with E-state index < -0.39 is 0 Å². The topological polar surface area (TPSA) is 38.9 Å². The maximum Gasteiger partial charge on any atom is 0.0514 e. The summed E-state index contributed by atoms with van der Waals surface area (Å²) < 4.78 is 0. The summed E-state index contributed by atoms with van der Waals surface area (Å²) in [6, 6.07) is 2.12. The van der Waals surface area contributed by atoms with Crippen molar-refractivity contribution < 1.29 is 0 Å². The van der Waals surface area contributed by atoms with Crippen molar-refractivity contribution in [1.82, 2.24) is 4.98 Å². The first-order valence-corrected chi connectivity index (χ1v) is 6.14. The first kappa shape index (κ1) is 11.3. The summed E-state index contributed by atoms with van der Waals surface area (Å²) in [5.74, 6) is 0. The third-order valence-corrected chi connectivity index (χ3v) is 3.37. The van der Waals surface area contributed by atoms with Crippen LogP contribution >= 0.6 is 0 Å². The van der Waals surface area contributed by atoms with Gasteiger partial charge in [0.1, 0.15) is 0 Å². The van der Waals surface area contributed by atoms with Crippen molar-refractivity contribution in [3.05, 3.63) is 41.2 Å². The van der Waals surface area contributed by atoms with E-state index in [-0.39, 0.29) is 6.04 Å². The Bertz CT molecular complexity index is 382. The molecular weight excluding hydrogens is 196 g/mol. The highest BCUT2D eigenvalue weighted by molar-refractivity contribution is 5.32. The van der Waals surface area contributed by atoms with Gasteiger partial charge in [-0.3, -0.25) is 4.98 Å². The number of pyridine rings is 1. The van der Waals surface area contributed by atoms with Gasteiger partial charge in [0.25, 0.3) is 0 Å². The van der Waals surface area contributed by atoms with Gasteiger partial charge in [-0.2, -0.15) is 0 Å². The van der Waals surface area contributed by atoms with Crippen LogP contribution in [0.15, 0.2) is 30.1 Å². The Kier molecular flexibility index (Phi) is 3.73. The maximum absolute atomic E-state index is 6.34. The van der Waals surface area contributed by atoms with Crippen LogP contribution in [-0.2, 0) is 0 Å². The largest absolute Gasteiger partial charge is 0.321 e. The molecule has 1 atom stereocenters. The maximum atomic E-state index is 6.34. The first-order valence-electron chi connectivity index (χ1n) is 6.14. The van der Waals surface area contributed by atoms with Crippen LogP contribution in [0, 0.1) is 6.92 Å². The van der Waals surface area contributed by atoms with Crippen LogP contribution in [0.3, 0.4) is 0 Å². The third kappa shape index (κ3) is 2.50. The number of hydrogen-bond donors (Lipinski definition) is 1. The number of nitrogens with zero attached hydrogens (tertiary/aromatic N) is 1. The van der Waals surface area contributed by atoms with Gasteiger partial charge in [-0.05, 0) is 49.8 Å². The molecule has 0 aromatic carbocycles. The highest BCUT2D eigenvalue weighted by atomic mass is 14.7. The predicted molar refractivity (Wildman–Crippen MR) is 67.1 cm³/mol. The van der Waals surface area contributed by atoms with E-state index in [0.717, 1.165) is 6.42 Å². The first-order chi connectivity index (χ1) is 7.79. The zero-order valence-corrected chi connectivity index (χ0v) is 9.95. The van der Waals surface area contributed by atoms with Gasteiger partial charge in [0.15, 0.2) is 0 Å². The molecule has 2 nitrogen and oxygen atoms in total. The summed E-state index contributed by atoms with van der Waals surface area (Å²) in [5.41, 5.74) is 10.2. The lowest BCUT2D eigenvalue weighted by atomic mass is 9.94. The summed E-state index contributed by atoms with van der Waals surface area (Å²) in [6.45, 7) is 2.08. The lowest BCUT2D eigenvalue weighted by Gasteiger charge is -2.17. The van der Waals surface area contributed by atoms with Crippen molar-refractivity contribution in [3.63, 3.8) is 0 Å². The van der Waals surface area contributed by atoms with Crippen LogP contribution in [0.25, 0.3) is 0 Å². The molecule has 0 spiro atoms. The monoisotopic (exact) mass is 216 g/mol. The summed E-state index contributed by atoms with van der Waals surface area (Å²) in [4.78, 5) is 4.12. The molecule has 0 fully saturated rings. The fourth-order valence-electron chi connectivity index (χ4n) is 2.36. The molecule has 86 valence electrons. The van der Waals surface area contributed by atoms with Crippen molar-refractivity contribution >= 4 is 0 Å². The molecule has 0 aliphatic heterocycles. The van der Waals surface area contributed by atoms with Crippen molar-refractivity contribution in [2.24, 2.45) is 5.73 Å². The van der Waals surface area contributed by atoms with Crippen molar-refractivity contribution in [2.45, 2.75) is 45.1 Å². The van der Waals surface area contributed by atoms with Gasteiger partial charge in [-0.25, -0.2) is 0 Å². The van der Waals surface area contributed by atoms with Crippen molar-refractivity contribution in [3.8, 4) is 0 Å². The molecule has 0 radical (unpaired) electrons. The van der Waals surface area contributed by atoms with Crippen LogP contribution in [0.5, 0.6) is 0 Å². The molecule has 0 bridgehead atoms. The molecule has 0 amide bonds.